The van der Waals surface area contributed by atoms with Crippen molar-refractivity contribution in [1.82, 2.24) is 4.31 Å². The molecule has 156 valence electrons. The fraction of sp³-hybridized carbons (Fsp3) is 0.562. The number of hydrogen-bond donors (Lipinski definition) is 5. The van der Waals surface area contributed by atoms with Crippen LogP contribution in [0.3, 0.4) is 0 Å². The molecule has 0 aromatic heterocycles. The van der Waals surface area contributed by atoms with Gasteiger partial charge in [0.25, 0.3) is 5.91 Å². The van der Waals surface area contributed by atoms with Gasteiger partial charge in [-0.05, 0) is 26.0 Å². The van der Waals surface area contributed by atoms with E-state index in [0.717, 1.165) is 0 Å². The molecule has 0 aliphatic carbocycles. The highest BCUT2D eigenvalue weighted by atomic mass is 32.2. The monoisotopic (exact) mass is 418 g/mol. The largest absolute Gasteiger partial charge is 0.460 e. The molecule has 0 spiro atoms. The second kappa shape index (κ2) is 7.46. The summed E-state index contributed by atoms with van der Waals surface area (Å²) in [5.41, 5.74) is -0.105. The second-order valence-electron chi connectivity index (χ2n) is 6.80. The first-order valence-electron chi connectivity index (χ1n) is 8.55. The third-order valence-corrected chi connectivity index (χ3v) is 6.07. The molecule has 0 radical (unpaired) electrons. The highest BCUT2D eigenvalue weighted by molar-refractivity contribution is 7.91. The standard InChI is InChI=1S/C16H22N2O9S/c1-7(2)18-15(23)8-4-3-5-9(11(8)17-28(18,24)25)26-16-14(22)13(21)12(20)10(6-19)27-16/h3-5,7,10,12-14,16-17,19-22H,6H2,1-2H3/t10-,12-,13+,14-,16-/m1/s1. The molecule has 2 aliphatic rings. The van der Waals surface area contributed by atoms with Crippen molar-refractivity contribution >= 4 is 21.8 Å². The summed E-state index contributed by atoms with van der Waals surface area (Å²) < 4.78 is 38.6. The number of aliphatic hydroxyl groups is 4. The summed E-state index contributed by atoms with van der Waals surface area (Å²) in [7, 11) is -4.18. The van der Waals surface area contributed by atoms with Gasteiger partial charge in [-0.2, -0.15) is 8.42 Å². The number of anilines is 1. The molecule has 1 aromatic rings. The minimum atomic E-state index is -4.18. The van der Waals surface area contributed by atoms with Crippen molar-refractivity contribution < 1.29 is 43.1 Å². The Morgan fingerprint density at radius 2 is 1.89 bits per heavy atom. The lowest BCUT2D eigenvalue weighted by Gasteiger charge is -2.40. The number of hydrogen-bond acceptors (Lipinski definition) is 9. The van der Waals surface area contributed by atoms with E-state index in [4.69, 9.17) is 9.47 Å². The molecule has 3 rings (SSSR count). The van der Waals surface area contributed by atoms with Crippen LogP contribution in [0.4, 0.5) is 5.69 Å². The van der Waals surface area contributed by atoms with Gasteiger partial charge >= 0.3 is 10.2 Å². The molecule has 2 aliphatic heterocycles. The molecule has 1 fully saturated rings. The fourth-order valence-corrected chi connectivity index (χ4v) is 4.56. The molecule has 28 heavy (non-hydrogen) atoms. The van der Waals surface area contributed by atoms with E-state index in [0.29, 0.717) is 4.31 Å². The van der Waals surface area contributed by atoms with Crippen LogP contribution in [0.2, 0.25) is 0 Å². The van der Waals surface area contributed by atoms with Gasteiger partial charge in [0.05, 0.1) is 12.2 Å². The van der Waals surface area contributed by atoms with Crippen LogP contribution >= 0.6 is 0 Å². The second-order valence-corrected chi connectivity index (χ2v) is 8.34. The van der Waals surface area contributed by atoms with E-state index in [2.05, 4.69) is 4.72 Å². The highest BCUT2D eigenvalue weighted by Gasteiger charge is 2.45. The van der Waals surface area contributed by atoms with Crippen molar-refractivity contribution in [2.24, 2.45) is 0 Å². The van der Waals surface area contributed by atoms with E-state index in [1.807, 2.05) is 0 Å². The summed E-state index contributed by atoms with van der Waals surface area (Å²) in [6, 6.07) is 3.60. The van der Waals surface area contributed by atoms with Crippen LogP contribution in [0.15, 0.2) is 18.2 Å². The molecule has 12 heteroatoms. The number of rotatable bonds is 4. The minimum Gasteiger partial charge on any atom is -0.460 e. The first-order chi connectivity index (χ1) is 13.1. The lowest BCUT2D eigenvalue weighted by Crippen LogP contribution is -2.60. The zero-order valence-electron chi connectivity index (χ0n) is 15.1. The molecule has 2 heterocycles. The van der Waals surface area contributed by atoms with Crippen LogP contribution in [0.5, 0.6) is 5.75 Å². The SMILES string of the molecule is CC(C)N1C(=O)c2cccc(O[C@@H]3O[C@H](CO)[C@@H](O)[C@H](O)[C@H]3O)c2NS1(=O)=O. The van der Waals surface area contributed by atoms with Crippen LogP contribution in [-0.2, 0) is 14.9 Å². The van der Waals surface area contributed by atoms with E-state index in [1.54, 1.807) is 13.8 Å². The van der Waals surface area contributed by atoms with Gasteiger partial charge in [-0.1, -0.05) is 6.07 Å². The Morgan fingerprint density at radius 3 is 2.50 bits per heavy atom. The summed E-state index contributed by atoms with van der Waals surface area (Å²) in [4.78, 5) is 12.6. The van der Waals surface area contributed by atoms with E-state index in [1.165, 1.54) is 18.2 Å². The number of carbonyl (C=O) groups excluding carboxylic acids is 1. The van der Waals surface area contributed by atoms with Gasteiger partial charge in [-0.15, -0.1) is 0 Å². The van der Waals surface area contributed by atoms with Crippen molar-refractivity contribution in [2.45, 2.75) is 50.6 Å². The summed E-state index contributed by atoms with van der Waals surface area (Å²) in [5, 5.41) is 39.0. The quantitative estimate of drug-likeness (QED) is 0.386. The topological polar surface area (TPSA) is 166 Å². The van der Waals surface area contributed by atoms with Crippen molar-refractivity contribution in [3.63, 3.8) is 0 Å². The van der Waals surface area contributed by atoms with Gasteiger partial charge in [0.1, 0.15) is 35.9 Å². The average molecular weight is 418 g/mol. The first kappa shape index (κ1) is 20.8. The molecule has 11 nitrogen and oxygen atoms in total. The third kappa shape index (κ3) is 3.43. The van der Waals surface area contributed by atoms with Crippen molar-refractivity contribution in [3.05, 3.63) is 23.8 Å². The lowest BCUT2D eigenvalue weighted by atomic mass is 9.99. The Morgan fingerprint density at radius 1 is 1.21 bits per heavy atom. The van der Waals surface area contributed by atoms with Crippen LogP contribution in [0.1, 0.15) is 24.2 Å². The van der Waals surface area contributed by atoms with Crippen molar-refractivity contribution in [1.29, 1.82) is 0 Å². The van der Waals surface area contributed by atoms with E-state index >= 15 is 0 Å². The number of fused-ring (bicyclic) bond motifs is 1. The van der Waals surface area contributed by atoms with Gasteiger partial charge < -0.3 is 29.9 Å². The van der Waals surface area contributed by atoms with Gasteiger partial charge in [0.2, 0.25) is 6.29 Å². The Bertz CT molecular complexity index is 858. The number of nitrogens with zero attached hydrogens (tertiary/aromatic N) is 1. The first-order valence-corrected chi connectivity index (χ1v) is 9.99. The predicted molar refractivity (Wildman–Crippen MR) is 94.7 cm³/mol. The number of aliphatic hydroxyl groups excluding tert-OH is 4. The van der Waals surface area contributed by atoms with E-state index in [9.17, 15) is 33.6 Å². The van der Waals surface area contributed by atoms with Crippen LogP contribution in [0, 0.1) is 0 Å². The van der Waals surface area contributed by atoms with Crippen LogP contribution in [0.25, 0.3) is 0 Å². The number of carbonyl (C=O) groups is 1. The normalized spacial score (nSPS) is 32.0. The van der Waals surface area contributed by atoms with Crippen molar-refractivity contribution in [3.8, 4) is 5.75 Å². The van der Waals surface area contributed by atoms with E-state index < -0.39 is 59.5 Å². The molecular formula is C16H22N2O9S. The summed E-state index contributed by atoms with van der Waals surface area (Å²) in [6.45, 7) is 2.46. The number of amides is 1. The molecule has 1 amide bonds. The Labute approximate surface area is 161 Å². The number of para-hydroxylation sites is 1. The van der Waals surface area contributed by atoms with E-state index in [-0.39, 0.29) is 17.0 Å². The maximum atomic E-state index is 12.6. The van der Waals surface area contributed by atoms with Crippen molar-refractivity contribution in [2.75, 3.05) is 11.3 Å². The Balaban J connectivity index is 1.95. The molecule has 1 aromatic carbocycles. The molecule has 5 N–H and O–H groups in total. The summed E-state index contributed by atoms with van der Waals surface area (Å²) in [6.07, 6.45) is -7.63. The lowest BCUT2D eigenvalue weighted by molar-refractivity contribution is -0.277. The Hall–Kier alpha value is -1.96. The molecule has 5 atom stereocenters. The zero-order valence-corrected chi connectivity index (χ0v) is 15.9. The molecule has 1 saturated heterocycles. The van der Waals surface area contributed by atoms with Crippen LogP contribution in [-0.4, -0.2) is 82.4 Å². The van der Waals surface area contributed by atoms with Gasteiger partial charge in [0.15, 0.2) is 0 Å². The average Bonchev–Trinajstić information content (AvgIpc) is 2.61. The molecule has 0 bridgehead atoms. The smallest absolute Gasteiger partial charge is 0.326 e. The van der Waals surface area contributed by atoms with Gasteiger partial charge in [-0.3, -0.25) is 9.52 Å². The fourth-order valence-electron chi connectivity index (χ4n) is 3.12. The highest BCUT2D eigenvalue weighted by Crippen LogP contribution is 2.37. The van der Waals surface area contributed by atoms with Gasteiger partial charge in [-0.25, -0.2) is 4.31 Å². The number of ether oxygens (including phenoxy) is 2. The number of benzene rings is 1. The Kier molecular flexibility index (Phi) is 5.53. The van der Waals surface area contributed by atoms with Crippen LogP contribution < -0.4 is 9.46 Å². The number of nitrogens with one attached hydrogen (secondary N) is 1. The predicted octanol–water partition coefficient (Wildman–Crippen LogP) is -1.61. The maximum Gasteiger partial charge on any atom is 0.326 e. The summed E-state index contributed by atoms with van der Waals surface area (Å²) in [5.74, 6) is -0.870. The molecular weight excluding hydrogens is 396 g/mol. The minimum absolute atomic E-state index is 0.0330. The third-order valence-electron chi connectivity index (χ3n) is 4.51. The molecule has 0 unspecified atom stereocenters. The molecule has 0 saturated carbocycles. The van der Waals surface area contributed by atoms with Gasteiger partial charge in [0, 0.05) is 6.04 Å². The zero-order chi connectivity index (χ0) is 20.8. The summed E-state index contributed by atoms with van der Waals surface area (Å²) >= 11 is 0. The maximum absolute atomic E-state index is 12.6.